The van der Waals surface area contributed by atoms with Gasteiger partial charge in [-0.15, -0.1) is 0 Å². The van der Waals surface area contributed by atoms with Crippen LogP contribution in [0.4, 0.5) is 4.79 Å². The van der Waals surface area contributed by atoms with Gasteiger partial charge < -0.3 is 4.74 Å². The molecule has 4 heteroatoms. The zero-order valence-electron chi connectivity index (χ0n) is 12.6. The number of amides is 1. The summed E-state index contributed by atoms with van der Waals surface area (Å²) in [5, 5.41) is 8.68. The van der Waals surface area contributed by atoms with E-state index in [0.29, 0.717) is 5.92 Å². The average molecular weight is 276 g/mol. The molecule has 2 fully saturated rings. The Morgan fingerprint density at radius 3 is 2.50 bits per heavy atom. The molecule has 1 amide bonds. The molecule has 0 N–H and O–H groups in total. The number of carbonyl (C=O) groups is 1. The van der Waals surface area contributed by atoms with Crippen LogP contribution >= 0.6 is 0 Å². The Labute approximate surface area is 121 Å². The van der Waals surface area contributed by atoms with Gasteiger partial charge in [-0.3, -0.25) is 4.90 Å². The lowest BCUT2D eigenvalue weighted by Gasteiger charge is -2.23. The fourth-order valence-electron chi connectivity index (χ4n) is 3.16. The van der Waals surface area contributed by atoms with Crippen LogP contribution in [0.1, 0.15) is 52.9 Å². The van der Waals surface area contributed by atoms with Crippen LogP contribution in [-0.4, -0.2) is 28.7 Å². The van der Waals surface area contributed by atoms with Crippen molar-refractivity contribution in [1.29, 1.82) is 5.26 Å². The van der Waals surface area contributed by atoms with Crippen molar-refractivity contribution in [3.63, 3.8) is 0 Å². The van der Waals surface area contributed by atoms with E-state index >= 15 is 0 Å². The smallest absolute Gasteiger partial charge is 0.411 e. The highest BCUT2D eigenvalue weighted by atomic mass is 16.6. The third-order valence-electron chi connectivity index (χ3n) is 4.01. The predicted molar refractivity (Wildman–Crippen MR) is 77.0 cm³/mol. The average Bonchev–Trinajstić information content (AvgIpc) is 3.09. The quantitative estimate of drug-likeness (QED) is 0.571. The summed E-state index contributed by atoms with van der Waals surface area (Å²) in [7, 11) is 0. The summed E-state index contributed by atoms with van der Waals surface area (Å²) in [6.07, 6.45) is 9.22. The van der Waals surface area contributed by atoms with Crippen molar-refractivity contribution in [2.75, 3.05) is 0 Å². The van der Waals surface area contributed by atoms with Gasteiger partial charge in [0.2, 0.25) is 0 Å². The molecule has 1 aliphatic heterocycles. The number of nitrogens with zero attached hydrogens (tertiary/aromatic N) is 2. The van der Waals surface area contributed by atoms with Gasteiger partial charge in [0.05, 0.1) is 18.2 Å². The summed E-state index contributed by atoms with van der Waals surface area (Å²) in [6, 6.07) is 2.29. The minimum atomic E-state index is -0.472. The normalized spacial score (nSPS) is 27.4. The maximum Gasteiger partial charge on any atom is 0.411 e. The number of hydrogen-bond donors (Lipinski definition) is 0. The molecule has 0 aromatic carbocycles. The van der Waals surface area contributed by atoms with E-state index in [-0.39, 0.29) is 18.2 Å². The maximum atomic E-state index is 12.2. The lowest BCUT2D eigenvalue weighted by Crippen LogP contribution is -2.29. The molecule has 2 aliphatic rings. The van der Waals surface area contributed by atoms with Crippen molar-refractivity contribution in [3.8, 4) is 6.07 Å². The summed E-state index contributed by atoms with van der Waals surface area (Å²) in [5.41, 5.74) is -0.472. The van der Waals surface area contributed by atoms with Crippen molar-refractivity contribution in [2.24, 2.45) is 5.92 Å². The van der Waals surface area contributed by atoms with Crippen LogP contribution in [0.3, 0.4) is 0 Å². The third kappa shape index (κ3) is 3.53. The fourth-order valence-corrected chi connectivity index (χ4v) is 3.16. The highest BCUT2D eigenvalue weighted by Gasteiger charge is 2.54. The van der Waals surface area contributed by atoms with Crippen LogP contribution in [0.25, 0.3) is 0 Å². The molecule has 0 bridgehead atoms. The van der Waals surface area contributed by atoms with Crippen LogP contribution in [0.2, 0.25) is 0 Å². The van der Waals surface area contributed by atoms with Gasteiger partial charge in [-0.05, 0) is 45.6 Å². The van der Waals surface area contributed by atoms with Crippen LogP contribution in [-0.2, 0) is 4.74 Å². The Bertz CT molecular complexity index is 425. The van der Waals surface area contributed by atoms with Crippen molar-refractivity contribution in [2.45, 2.75) is 70.6 Å². The molecule has 1 saturated carbocycles. The Balaban J connectivity index is 2.03. The van der Waals surface area contributed by atoms with Crippen molar-refractivity contribution in [1.82, 2.24) is 4.90 Å². The van der Waals surface area contributed by atoms with Gasteiger partial charge in [-0.2, -0.15) is 5.26 Å². The maximum absolute atomic E-state index is 12.2. The minimum absolute atomic E-state index is 0.0487. The first-order chi connectivity index (χ1) is 9.44. The van der Waals surface area contributed by atoms with Gasteiger partial charge in [0.15, 0.2) is 0 Å². The Hall–Kier alpha value is -1.50. The molecule has 2 rings (SSSR count). The molecule has 110 valence electrons. The lowest BCUT2D eigenvalue weighted by molar-refractivity contribution is 0.0385. The summed E-state index contributed by atoms with van der Waals surface area (Å²) < 4.78 is 5.46. The van der Waals surface area contributed by atoms with E-state index < -0.39 is 5.60 Å². The van der Waals surface area contributed by atoms with Gasteiger partial charge in [-0.25, -0.2) is 4.79 Å². The van der Waals surface area contributed by atoms with Gasteiger partial charge in [0.1, 0.15) is 5.60 Å². The number of allylic oxidation sites excluding steroid dienone is 1. The highest BCUT2D eigenvalue weighted by Crippen LogP contribution is 2.42. The van der Waals surface area contributed by atoms with Gasteiger partial charge in [0, 0.05) is 6.08 Å². The number of ether oxygens (including phenoxy) is 1. The molecule has 20 heavy (non-hydrogen) atoms. The minimum Gasteiger partial charge on any atom is -0.444 e. The molecule has 0 aromatic rings. The third-order valence-corrected chi connectivity index (χ3v) is 4.01. The number of carbonyl (C=O) groups excluding carboxylic acids is 1. The first-order valence-corrected chi connectivity index (χ1v) is 7.51. The van der Waals surface area contributed by atoms with E-state index in [1.807, 2.05) is 32.9 Å². The largest absolute Gasteiger partial charge is 0.444 e. The van der Waals surface area contributed by atoms with E-state index in [1.54, 1.807) is 4.90 Å². The number of nitriles is 1. The Kier molecular flexibility index (Phi) is 4.37. The van der Waals surface area contributed by atoms with E-state index in [9.17, 15) is 4.79 Å². The predicted octanol–water partition coefficient (Wildman–Crippen LogP) is 3.63. The number of hydrogen-bond acceptors (Lipinski definition) is 3. The Morgan fingerprint density at radius 1 is 1.30 bits per heavy atom. The van der Waals surface area contributed by atoms with Crippen molar-refractivity contribution in [3.05, 3.63) is 12.2 Å². The fraction of sp³-hybridized carbons (Fsp3) is 0.750. The zero-order chi connectivity index (χ0) is 14.8. The topological polar surface area (TPSA) is 53.1 Å². The lowest BCUT2D eigenvalue weighted by atomic mass is 9.85. The molecule has 0 unspecified atom stereocenters. The molecule has 1 aliphatic carbocycles. The van der Waals surface area contributed by atoms with Crippen LogP contribution in [0.15, 0.2) is 12.2 Å². The van der Waals surface area contributed by atoms with Gasteiger partial charge in [-0.1, -0.05) is 19.3 Å². The van der Waals surface area contributed by atoms with Gasteiger partial charge >= 0.3 is 6.09 Å². The second-order valence-electron chi connectivity index (χ2n) is 6.76. The molecule has 0 spiro atoms. The monoisotopic (exact) mass is 276 g/mol. The van der Waals surface area contributed by atoms with Crippen molar-refractivity contribution >= 4 is 6.09 Å². The first-order valence-electron chi connectivity index (χ1n) is 7.51. The summed E-state index contributed by atoms with van der Waals surface area (Å²) in [4.78, 5) is 14.0. The molecular weight excluding hydrogens is 252 g/mol. The molecule has 2 atom stereocenters. The molecule has 4 nitrogen and oxygen atoms in total. The molecule has 0 aromatic heterocycles. The number of rotatable bonds is 2. The first kappa shape index (κ1) is 14.9. The van der Waals surface area contributed by atoms with Crippen LogP contribution in [0.5, 0.6) is 0 Å². The summed E-state index contributed by atoms with van der Waals surface area (Å²) in [5.74, 6) is 0.560. The summed E-state index contributed by atoms with van der Waals surface area (Å²) >= 11 is 0. The van der Waals surface area contributed by atoms with E-state index in [1.165, 1.54) is 38.2 Å². The zero-order valence-corrected chi connectivity index (χ0v) is 12.6. The molecular formula is C16H24N2O2. The molecule has 1 saturated heterocycles. The Morgan fingerprint density at radius 2 is 1.95 bits per heavy atom. The summed E-state index contributed by atoms with van der Waals surface area (Å²) in [6.45, 7) is 5.64. The molecule has 1 heterocycles. The second kappa shape index (κ2) is 5.87. The van der Waals surface area contributed by atoms with Gasteiger partial charge in [0.25, 0.3) is 0 Å². The van der Waals surface area contributed by atoms with Crippen LogP contribution in [0, 0.1) is 17.2 Å². The standard InChI is InChI=1S/C16H24N2O2/c1-16(2,3)20-15(19)18-13(10-7-11-17)14(18)12-8-5-4-6-9-12/h7,10,12-14H,4-6,8-9H2,1-3H3/b10-7+/t13-,14-,18?/m1/s1. The molecule has 0 radical (unpaired) electrons. The van der Waals surface area contributed by atoms with E-state index in [2.05, 4.69) is 0 Å². The highest BCUT2D eigenvalue weighted by molar-refractivity contribution is 5.73. The SMILES string of the molecule is CC(C)(C)OC(=O)N1[C@H](/C=C/C#N)[C@H]1C1CCCCC1. The second-order valence-corrected chi connectivity index (χ2v) is 6.76. The van der Waals surface area contributed by atoms with E-state index in [4.69, 9.17) is 10.00 Å². The van der Waals surface area contributed by atoms with Crippen molar-refractivity contribution < 1.29 is 9.53 Å². The van der Waals surface area contributed by atoms with Crippen LogP contribution < -0.4 is 0 Å². The van der Waals surface area contributed by atoms with E-state index in [0.717, 1.165) is 0 Å².